The predicted octanol–water partition coefficient (Wildman–Crippen LogP) is 2.99. The zero-order chi connectivity index (χ0) is 19.6. The minimum atomic E-state index is -0.332. The van der Waals surface area contributed by atoms with Gasteiger partial charge >= 0.3 is 0 Å². The van der Waals surface area contributed by atoms with Crippen molar-refractivity contribution in [3.63, 3.8) is 0 Å². The van der Waals surface area contributed by atoms with Crippen LogP contribution in [-0.2, 0) is 11.3 Å². The fraction of sp³-hybridized carbons (Fsp3) is 0.368. The van der Waals surface area contributed by atoms with Crippen molar-refractivity contribution < 1.29 is 23.8 Å². The number of fused-ring (bicyclic) bond motifs is 1. The fourth-order valence-electron chi connectivity index (χ4n) is 3.32. The first-order valence-corrected chi connectivity index (χ1v) is 9.60. The van der Waals surface area contributed by atoms with Crippen molar-refractivity contribution >= 4 is 38.6 Å². The number of aryl methyl sites for hydroxylation is 1. The molecule has 0 bridgehead atoms. The predicted molar refractivity (Wildman–Crippen MR) is 105 cm³/mol. The normalized spacial score (nSPS) is 13.9. The van der Waals surface area contributed by atoms with Gasteiger partial charge in [0.1, 0.15) is 5.69 Å². The van der Waals surface area contributed by atoms with Crippen molar-refractivity contribution in [1.82, 2.24) is 9.47 Å². The van der Waals surface area contributed by atoms with E-state index in [1.165, 1.54) is 18.1 Å². The number of aromatic nitrogens is 1. The Morgan fingerprint density at radius 2 is 1.89 bits per heavy atom. The molecule has 1 aliphatic heterocycles. The Labute approximate surface area is 165 Å². The number of nitrogens with zero attached hydrogens (tertiary/aromatic N) is 2. The minimum absolute atomic E-state index is 0.302. The van der Waals surface area contributed by atoms with Crippen molar-refractivity contribution in [2.45, 2.75) is 13.0 Å². The summed E-state index contributed by atoms with van der Waals surface area (Å²) in [4.78, 5) is 26.5. The van der Waals surface area contributed by atoms with Crippen LogP contribution in [0.25, 0.3) is 10.9 Å². The van der Waals surface area contributed by atoms with E-state index < -0.39 is 0 Å². The lowest BCUT2D eigenvalue weighted by Crippen LogP contribution is -2.39. The van der Waals surface area contributed by atoms with Crippen molar-refractivity contribution in [3.05, 3.63) is 30.0 Å². The Bertz CT molecular complexity index is 919. The lowest BCUT2D eigenvalue weighted by atomic mass is 10.2. The van der Waals surface area contributed by atoms with Crippen LogP contribution in [0.4, 0.5) is 0 Å². The standard InChI is InChI=1S/C19H21BrN2O5/c1-25-14-11-12-10-13(19(24)22-8-5-4-6-15(22)23)21(9-7-20)16(12)18(27-3)17(14)26-2/h4,6,10-11H,5,7-9H2,1-3H3. The molecular weight excluding hydrogens is 416 g/mol. The second-order valence-electron chi connectivity index (χ2n) is 5.94. The van der Waals surface area contributed by atoms with Crippen molar-refractivity contribution in [1.29, 1.82) is 0 Å². The monoisotopic (exact) mass is 436 g/mol. The van der Waals surface area contributed by atoms with E-state index in [2.05, 4.69) is 15.9 Å². The molecule has 7 nitrogen and oxygen atoms in total. The summed E-state index contributed by atoms with van der Waals surface area (Å²) < 4.78 is 18.3. The molecule has 0 spiro atoms. The van der Waals surface area contributed by atoms with Crippen LogP contribution < -0.4 is 14.2 Å². The van der Waals surface area contributed by atoms with E-state index in [1.807, 2.05) is 4.57 Å². The summed E-state index contributed by atoms with van der Waals surface area (Å²) in [5, 5.41) is 1.40. The van der Waals surface area contributed by atoms with E-state index in [-0.39, 0.29) is 11.8 Å². The van der Waals surface area contributed by atoms with E-state index >= 15 is 0 Å². The highest BCUT2D eigenvalue weighted by atomic mass is 79.9. The molecule has 0 N–H and O–H groups in total. The third-order valence-electron chi connectivity index (χ3n) is 4.50. The first-order valence-electron chi connectivity index (χ1n) is 8.47. The van der Waals surface area contributed by atoms with Gasteiger partial charge in [0.25, 0.3) is 11.8 Å². The SMILES string of the molecule is COc1cc2cc(C(=O)N3CCC=CC3=O)n(CCBr)c2c(OC)c1OC. The van der Waals surface area contributed by atoms with Crippen molar-refractivity contribution in [2.75, 3.05) is 33.2 Å². The van der Waals surface area contributed by atoms with Crippen LogP contribution in [0.3, 0.4) is 0 Å². The number of amides is 2. The number of imide groups is 1. The molecule has 0 fully saturated rings. The molecule has 0 saturated carbocycles. The number of ether oxygens (including phenoxy) is 3. The molecule has 0 saturated heterocycles. The van der Waals surface area contributed by atoms with Gasteiger partial charge in [-0.05, 0) is 24.6 Å². The largest absolute Gasteiger partial charge is 0.493 e. The maximum atomic E-state index is 13.1. The van der Waals surface area contributed by atoms with E-state index in [0.717, 1.165) is 10.9 Å². The summed E-state index contributed by atoms with van der Waals surface area (Å²) in [5.41, 5.74) is 1.14. The number of halogens is 1. The molecule has 144 valence electrons. The number of hydrogen-bond donors (Lipinski definition) is 0. The van der Waals surface area contributed by atoms with Gasteiger partial charge in [-0.1, -0.05) is 22.0 Å². The molecule has 1 aliphatic rings. The molecule has 3 rings (SSSR count). The molecule has 8 heteroatoms. The van der Waals surface area contributed by atoms with Gasteiger partial charge in [-0.2, -0.15) is 0 Å². The molecular formula is C19H21BrN2O5. The summed E-state index contributed by atoms with van der Waals surface area (Å²) >= 11 is 3.44. The van der Waals surface area contributed by atoms with Crippen LogP contribution in [0.5, 0.6) is 17.2 Å². The highest BCUT2D eigenvalue weighted by molar-refractivity contribution is 9.09. The van der Waals surface area contributed by atoms with E-state index in [9.17, 15) is 9.59 Å². The van der Waals surface area contributed by atoms with Gasteiger partial charge < -0.3 is 18.8 Å². The lowest BCUT2D eigenvalue weighted by Gasteiger charge is -2.22. The van der Waals surface area contributed by atoms with Gasteiger partial charge in [-0.3, -0.25) is 14.5 Å². The number of alkyl halides is 1. The highest BCUT2D eigenvalue weighted by Gasteiger charge is 2.28. The molecule has 2 aromatic rings. The molecule has 0 radical (unpaired) electrons. The summed E-state index contributed by atoms with van der Waals surface area (Å²) in [5.74, 6) is 0.813. The van der Waals surface area contributed by atoms with Gasteiger partial charge in [0.15, 0.2) is 11.5 Å². The summed E-state index contributed by atoms with van der Waals surface area (Å²) in [6.45, 7) is 0.891. The molecule has 1 aromatic carbocycles. The molecule has 0 unspecified atom stereocenters. The zero-order valence-electron chi connectivity index (χ0n) is 15.5. The van der Waals surface area contributed by atoms with E-state index in [1.54, 1.807) is 32.4 Å². The third kappa shape index (κ3) is 3.29. The Balaban J connectivity index is 2.24. The smallest absolute Gasteiger partial charge is 0.277 e. The Hall–Kier alpha value is -2.48. The fourth-order valence-corrected chi connectivity index (χ4v) is 3.67. The van der Waals surface area contributed by atoms with E-state index in [0.29, 0.717) is 47.8 Å². The minimum Gasteiger partial charge on any atom is -0.493 e. The van der Waals surface area contributed by atoms with Crippen LogP contribution in [0.1, 0.15) is 16.9 Å². The van der Waals surface area contributed by atoms with Crippen molar-refractivity contribution in [3.8, 4) is 17.2 Å². The number of rotatable bonds is 6. The Morgan fingerprint density at radius 1 is 1.15 bits per heavy atom. The topological polar surface area (TPSA) is 70.0 Å². The van der Waals surface area contributed by atoms with Crippen LogP contribution in [-0.4, -0.2) is 54.5 Å². The van der Waals surface area contributed by atoms with Gasteiger partial charge in [0, 0.05) is 23.8 Å². The number of hydrogen-bond acceptors (Lipinski definition) is 5. The zero-order valence-corrected chi connectivity index (χ0v) is 17.0. The maximum Gasteiger partial charge on any atom is 0.277 e. The molecule has 0 aliphatic carbocycles. The van der Waals surface area contributed by atoms with Crippen LogP contribution >= 0.6 is 15.9 Å². The number of carbonyl (C=O) groups is 2. The second-order valence-corrected chi connectivity index (χ2v) is 6.73. The van der Waals surface area contributed by atoms with Gasteiger partial charge in [0.2, 0.25) is 5.75 Å². The van der Waals surface area contributed by atoms with Crippen molar-refractivity contribution in [2.24, 2.45) is 0 Å². The first-order chi connectivity index (χ1) is 13.1. The maximum absolute atomic E-state index is 13.1. The summed E-state index contributed by atoms with van der Waals surface area (Å²) in [7, 11) is 4.63. The van der Waals surface area contributed by atoms with Crippen LogP contribution in [0.2, 0.25) is 0 Å². The quantitative estimate of drug-likeness (QED) is 0.514. The van der Waals surface area contributed by atoms with Gasteiger partial charge in [0.05, 0.1) is 26.8 Å². The molecule has 27 heavy (non-hydrogen) atoms. The van der Waals surface area contributed by atoms with Crippen LogP contribution in [0, 0.1) is 0 Å². The summed E-state index contributed by atoms with van der Waals surface area (Å²) in [6, 6.07) is 3.56. The molecule has 0 atom stereocenters. The molecule has 2 heterocycles. The lowest BCUT2D eigenvalue weighted by molar-refractivity contribution is -0.124. The Morgan fingerprint density at radius 3 is 2.48 bits per heavy atom. The Kier molecular flexibility index (Phi) is 5.74. The summed E-state index contributed by atoms with van der Waals surface area (Å²) in [6.07, 6.45) is 3.87. The van der Waals surface area contributed by atoms with Gasteiger partial charge in [-0.15, -0.1) is 0 Å². The number of carbonyl (C=O) groups excluding carboxylic acids is 2. The first kappa shape index (κ1) is 19.3. The van der Waals surface area contributed by atoms with Crippen LogP contribution in [0.15, 0.2) is 24.3 Å². The van der Waals surface area contributed by atoms with E-state index in [4.69, 9.17) is 14.2 Å². The van der Waals surface area contributed by atoms with Gasteiger partial charge in [-0.25, -0.2) is 0 Å². The third-order valence-corrected chi connectivity index (χ3v) is 4.86. The molecule has 1 aromatic heterocycles. The second kappa shape index (κ2) is 8.04. The average molecular weight is 437 g/mol. The highest BCUT2D eigenvalue weighted by Crippen LogP contribution is 2.44. The number of benzene rings is 1. The molecule has 2 amide bonds. The average Bonchev–Trinajstić information content (AvgIpc) is 3.04. The number of methoxy groups -OCH3 is 3.